The second-order valence-corrected chi connectivity index (χ2v) is 4.65. The summed E-state index contributed by atoms with van der Waals surface area (Å²) < 4.78 is 13.9. The average Bonchev–Trinajstić information content (AvgIpc) is 2.83. The molecule has 1 N–H and O–H groups in total. The Bertz CT molecular complexity index is 228. The van der Waals surface area contributed by atoms with Gasteiger partial charge in [-0.2, -0.15) is 0 Å². The van der Waals surface area contributed by atoms with Gasteiger partial charge in [-0.25, -0.2) is 0 Å². The first-order valence-electron chi connectivity index (χ1n) is 6.75. The molecule has 5 nitrogen and oxygen atoms in total. The predicted molar refractivity (Wildman–Crippen MR) is 94.5 cm³/mol. The van der Waals surface area contributed by atoms with Crippen LogP contribution in [0.3, 0.4) is 0 Å². The number of carbonyl (C=O) groups is 1. The summed E-state index contributed by atoms with van der Waals surface area (Å²) in [5.74, 6) is 1.10. The molecule has 1 amide bonds. The molecule has 0 saturated heterocycles. The molecule has 24 heavy (non-hydrogen) atoms. The Labute approximate surface area is 178 Å². The van der Waals surface area contributed by atoms with Gasteiger partial charge in [0.25, 0.3) is 0 Å². The van der Waals surface area contributed by atoms with Crippen LogP contribution in [0.2, 0.25) is 5.82 Å². The van der Waals surface area contributed by atoms with E-state index in [0.29, 0.717) is 18.8 Å². The Balaban J connectivity index is -0.0000000510. The van der Waals surface area contributed by atoms with Crippen molar-refractivity contribution in [1.82, 2.24) is 5.32 Å². The summed E-state index contributed by atoms with van der Waals surface area (Å²) in [7, 11) is 15.4. The second-order valence-electron chi connectivity index (χ2n) is 4.65. The molecule has 1 fully saturated rings. The first-order chi connectivity index (χ1) is 9.55. The fourth-order valence-electron chi connectivity index (χ4n) is 1.78. The quantitative estimate of drug-likeness (QED) is 0.422. The zero-order valence-corrected chi connectivity index (χ0v) is 20.5. The monoisotopic (exact) mass is 551 g/mol. The van der Waals surface area contributed by atoms with Crippen molar-refractivity contribution in [3.63, 3.8) is 0 Å². The van der Waals surface area contributed by atoms with Gasteiger partial charge in [0.15, 0.2) is 5.91 Å². The van der Waals surface area contributed by atoms with Gasteiger partial charge in [-0.15, -0.1) is 0 Å². The van der Waals surface area contributed by atoms with Crippen LogP contribution in [0.5, 0.6) is 0 Å². The molecule has 0 aliphatic heterocycles. The summed E-state index contributed by atoms with van der Waals surface area (Å²) in [4.78, 5) is 10.3. The molecule has 0 heterocycles. The van der Waals surface area contributed by atoms with Crippen LogP contribution in [-0.4, -0.2) is 55.4 Å². The van der Waals surface area contributed by atoms with Crippen LogP contribution >= 0.6 is 0 Å². The van der Waals surface area contributed by atoms with E-state index in [0.717, 1.165) is 18.9 Å². The molecule has 0 aromatic carbocycles. The minimum atomic E-state index is -0.0909. The number of nitrogens with one attached hydrogen (secondary N) is 1. The predicted octanol–water partition coefficient (Wildman–Crippen LogP) is 2.48. The van der Waals surface area contributed by atoms with E-state index in [1.807, 2.05) is 0 Å². The van der Waals surface area contributed by atoms with Gasteiger partial charge in [0, 0.05) is 60.0 Å². The number of hydrogen-bond donors (Lipinski definition) is 1. The molecule has 1 saturated carbocycles. The first kappa shape index (κ1) is 39.7. The zero-order valence-electron chi connectivity index (χ0n) is 16.2. The van der Waals surface area contributed by atoms with Crippen LogP contribution in [-0.2, 0) is 58.6 Å². The first-order valence-corrected chi connectivity index (χ1v) is 6.75. The van der Waals surface area contributed by atoms with E-state index in [-0.39, 0.29) is 60.4 Å². The van der Waals surface area contributed by atoms with Crippen molar-refractivity contribution in [3.05, 3.63) is 21.9 Å². The van der Waals surface area contributed by atoms with Gasteiger partial charge in [0.2, 0.25) is 0 Å². The number of carbonyl (C=O) groups excluding carboxylic acids is 1. The number of rotatable bonds is 5. The van der Waals surface area contributed by atoms with Gasteiger partial charge in [-0.1, -0.05) is 18.7 Å². The van der Waals surface area contributed by atoms with Crippen molar-refractivity contribution in [3.8, 4) is 0 Å². The number of amides is 1. The largest absolute Gasteiger partial charge is 2.00 e. The van der Waals surface area contributed by atoms with Gasteiger partial charge in [-0.05, 0) is 12.3 Å². The summed E-state index contributed by atoms with van der Waals surface area (Å²) in [6.07, 6.45) is 4.00. The van der Waals surface area contributed by atoms with E-state index in [9.17, 15) is 4.79 Å². The van der Waals surface area contributed by atoms with Crippen LogP contribution in [0.4, 0.5) is 0 Å². The van der Waals surface area contributed by atoms with E-state index in [1.54, 1.807) is 28.4 Å². The third-order valence-corrected chi connectivity index (χ3v) is 2.71. The van der Waals surface area contributed by atoms with Crippen LogP contribution in [0.1, 0.15) is 25.7 Å². The standard InChI is InChI=1S/C7H13BO.C5H10NO2.C2H6O.2CH3.V.W/c1-9-5-6-2-3-7(8)4-6;1-6-5(7)3-4-8-2;1-3-2;;;;/h6-7H,2-5H2,1H3;1,3-4H2,2H3,(H,6,7);1-2H3;2*1H3;;/q;-1;;2*-1;;+2. The molecule has 2 atom stereocenters. The summed E-state index contributed by atoms with van der Waals surface area (Å²) in [6, 6.07) is 0. The van der Waals surface area contributed by atoms with E-state index in [4.69, 9.17) is 12.6 Å². The summed E-state index contributed by atoms with van der Waals surface area (Å²) in [5.41, 5.74) is 0. The van der Waals surface area contributed by atoms with E-state index in [1.165, 1.54) is 12.8 Å². The molecule has 1 rings (SSSR count). The molecule has 0 spiro atoms. The van der Waals surface area contributed by atoms with E-state index in [2.05, 4.69) is 21.8 Å². The SMILES string of the molecule is COC.[B]C1CCC(COC)C1.[CH2-]NC(=O)CCOC.[CH3-].[CH3-].[V].[W+2]. The third-order valence-electron chi connectivity index (χ3n) is 2.71. The molecular weight excluding hydrogens is 516 g/mol. The summed E-state index contributed by atoms with van der Waals surface area (Å²) >= 11 is 0. The van der Waals surface area contributed by atoms with E-state index < -0.39 is 0 Å². The normalized spacial score (nSPS) is 16.9. The molecule has 1 aliphatic rings. The van der Waals surface area contributed by atoms with Crippen LogP contribution in [0.15, 0.2) is 0 Å². The maximum atomic E-state index is 10.3. The fourth-order valence-corrected chi connectivity index (χ4v) is 1.78. The Morgan fingerprint density at radius 1 is 1.17 bits per heavy atom. The number of ether oxygens (including phenoxy) is 3. The molecule has 143 valence electrons. The molecular formula is C16H35BNO4VW-. The van der Waals surface area contributed by atoms with E-state index >= 15 is 0 Å². The van der Waals surface area contributed by atoms with Crippen molar-refractivity contribution in [1.29, 1.82) is 0 Å². The minimum absolute atomic E-state index is 0. The van der Waals surface area contributed by atoms with Crippen LogP contribution in [0, 0.1) is 27.8 Å². The summed E-state index contributed by atoms with van der Waals surface area (Å²) in [5, 5.41) is 2.23. The molecule has 3 radical (unpaired) electrons. The summed E-state index contributed by atoms with van der Waals surface area (Å²) in [6.45, 7) is 1.36. The number of methoxy groups -OCH3 is 3. The van der Waals surface area contributed by atoms with Gasteiger partial charge in [-0.3, -0.25) is 11.8 Å². The van der Waals surface area contributed by atoms with Gasteiger partial charge in [0.1, 0.15) is 0 Å². The van der Waals surface area contributed by atoms with Crippen molar-refractivity contribution in [2.45, 2.75) is 31.5 Å². The smallest absolute Gasteiger partial charge is 0.508 e. The van der Waals surface area contributed by atoms with Gasteiger partial charge in [0.05, 0.1) is 14.5 Å². The van der Waals surface area contributed by atoms with Crippen LogP contribution < -0.4 is 5.32 Å². The average molecular weight is 551 g/mol. The Kier molecular flexibility index (Phi) is 52.0. The Morgan fingerprint density at radius 3 is 1.96 bits per heavy atom. The van der Waals surface area contributed by atoms with Crippen molar-refractivity contribution >= 4 is 13.8 Å². The Hall–Kier alpha value is 0.688. The maximum absolute atomic E-state index is 10.3. The van der Waals surface area contributed by atoms with Crippen molar-refractivity contribution < 1.29 is 58.6 Å². The molecule has 0 aromatic rings. The van der Waals surface area contributed by atoms with Crippen molar-refractivity contribution in [2.75, 3.05) is 41.7 Å². The van der Waals surface area contributed by atoms with Gasteiger partial charge >= 0.3 is 21.1 Å². The molecule has 0 aromatic heterocycles. The minimum Gasteiger partial charge on any atom is -0.508 e. The van der Waals surface area contributed by atoms with Crippen LogP contribution in [0.25, 0.3) is 0 Å². The topological polar surface area (TPSA) is 56.8 Å². The fraction of sp³-hybridized carbons (Fsp3) is 0.750. The van der Waals surface area contributed by atoms with Crippen molar-refractivity contribution in [2.24, 2.45) is 5.92 Å². The Morgan fingerprint density at radius 2 is 1.67 bits per heavy atom. The molecule has 1 aliphatic carbocycles. The molecule has 8 heteroatoms. The van der Waals surface area contributed by atoms with Gasteiger partial charge < -0.3 is 34.4 Å². The third kappa shape index (κ3) is 30.6. The zero-order chi connectivity index (χ0) is 15.8. The number of hydrogen-bond acceptors (Lipinski definition) is 4. The second kappa shape index (κ2) is 31.5. The maximum Gasteiger partial charge on any atom is 2.00 e. The molecule has 2 unspecified atom stereocenters. The molecule has 0 bridgehead atoms.